The van der Waals surface area contributed by atoms with Gasteiger partial charge < -0.3 is 19.3 Å². The fraction of sp³-hybridized carbons (Fsp3) is 0.529. The number of hydrogen-bond donors (Lipinski definition) is 0. The average molecular weight is 336 g/mol. The van der Waals surface area contributed by atoms with Crippen LogP contribution < -0.4 is 0 Å². The van der Waals surface area contributed by atoms with Crippen molar-refractivity contribution in [1.29, 1.82) is 0 Å². The van der Waals surface area contributed by atoms with Crippen LogP contribution in [0, 0.1) is 5.82 Å². The first-order valence-corrected chi connectivity index (χ1v) is 8.08. The van der Waals surface area contributed by atoms with Crippen LogP contribution in [0.5, 0.6) is 0 Å². The number of halogens is 1. The minimum absolute atomic E-state index is 0.0339. The van der Waals surface area contributed by atoms with Crippen molar-refractivity contribution in [3.05, 3.63) is 35.6 Å². The van der Waals surface area contributed by atoms with Gasteiger partial charge in [-0.1, -0.05) is 12.1 Å². The molecule has 0 saturated carbocycles. The van der Waals surface area contributed by atoms with Crippen LogP contribution in [0.4, 0.5) is 4.39 Å². The standard InChI is InChI=1S/C17H21FN2O4/c1-13(21)19-7-4-9-23-17(11-19)12-20(8-10-24-17)16(22)14-5-2-3-6-15(14)18/h2-3,5-6H,4,7-12H2,1H3. The highest BCUT2D eigenvalue weighted by Gasteiger charge is 2.43. The molecule has 1 spiro atoms. The maximum atomic E-state index is 13.9. The summed E-state index contributed by atoms with van der Waals surface area (Å²) in [5, 5.41) is 0. The van der Waals surface area contributed by atoms with Crippen LogP contribution in [0.15, 0.2) is 24.3 Å². The van der Waals surface area contributed by atoms with Crippen molar-refractivity contribution in [2.75, 3.05) is 39.4 Å². The van der Waals surface area contributed by atoms with Crippen molar-refractivity contribution >= 4 is 11.8 Å². The molecule has 2 fully saturated rings. The number of carbonyl (C=O) groups excluding carboxylic acids is 2. The van der Waals surface area contributed by atoms with Crippen molar-refractivity contribution in [2.45, 2.75) is 19.1 Å². The van der Waals surface area contributed by atoms with E-state index in [2.05, 4.69) is 0 Å². The van der Waals surface area contributed by atoms with E-state index in [0.717, 1.165) is 0 Å². The van der Waals surface area contributed by atoms with Gasteiger partial charge in [-0.25, -0.2) is 4.39 Å². The Bertz CT molecular complexity index is 639. The van der Waals surface area contributed by atoms with Gasteiger partial charge in [0.1, 0.15) is 5.82 Å². The van der Waals surface area contributed by atoms with E-state index in [1.54, 1.807) is 17.0 Å². The molecule has 0 bridgehead atoms. The molecule has 0 aromatic heterocycles. The molecule has 1 aromatic carbocycles. The number of morpholine rings is 1. The van der Waals surface area contributed by atoms with Crippen molar-refractivity contribution in [3.8, 4) is 0 Å². The molecule has 2 saturated heterocycles. The quantitative estimate of drug-likeness (QED) is 0.775. The zero-order chi connectivity index (χ0) is 17.2. The molecule has 2 heterocycles. The third-order valence-electron chi connectivity index (χ3n) is 4.36. The second-order valence-electron chi connectivity index (χ2n) is 6.11. The third kappa shape index (κ3) is 3.42. The molecule has 0 radical (unpaired) electrons. The number of benzene rings is 1. The number of carbonyl (C=O) groups is 2. The molecule has 24 heavy (non-hydrogen) atoms. The molecular weight excluding hydrogens is 315 g/mol. The maximum Gasteiger partial charge on any atom is 0.257 e. The summed E-state index contributed by atoms with van der Waals surface area (Å²) in [6.07, 6.45) is 0.714. The summed E-state index contributed by atoms with van der Waals surface area (Å²) in [5.74, 6) is -2.03. The highest BCUT2D eigenvalue weighted by atomic mass is 19.1. The van der Waals surface area contributed by atoms with Gasteiger partial charge in [-0.15, -0.1) is 0 Å². The Kier molecular flexibility index (Phi) is 4.82. The molecule has 130 valence electrons. The van der Waals surface area contributed by atoms with Crippen LogP contribution in [0.3, 0.4) is 0 Å². The van der Waals surface area contributed by atoms with Gasteiger partial charge in [0.15, 0.2) is 0 Å². The molecule has 1 aromatic rings. The second kappa shape index (κ2) is 6.86. The number of amides is 2. The number of ether oxygens (including phenoxy) is 2. The predicted molar refractivity (Wildman–Crippen MR) is 83.8 cm³/mol. The summed E-state index contributed by atoms with van der Waals surface area (Å²) in [5.41, 5.74) is 0.0339. The molecule has 2 aliphatic rings. The zero-order valence-corrected chi connectivity index (χ0v) is 13.7. The van der Waals surface area contributed by atoms with Gasteiger partial charge in [-0.05, 0) is 18.6 Å². The lowest BCUT2D eigenvalue weighted by Crippen LogP contribution is -2.59. The summed E-state index contributed by atoms with van der Waals surface area (Å²) in [6.45, 7) is 3.63. The van der Waals surface area contributed by atoms with Gasteiger partial charge in [0.05, 0.1) is 31.9 Å². The Morgan fingerprint density at radius 2 is 1.79 bits per heavy atom. The highest BCUT2D eigenvalue weighted by Crippen LogP contribution is 2.25. The van der Waals surface area contributed by atoms with Crippen LogP contribution in [0.1, 0.15) is 23.7 Å². The number of nitrogens with zero attached hydrogens (tertiary/aromatic N) is 2. The van der Waals surface area contributed by atoms with Gasteiger partial charge in [-0.2, -0.15) is 0 Å². The molecular formula is C17H21FN2O4. The van der Waals surface area contributed by atoms with Crippen molar-refractivity contribution in [3.63, 3.8) is 0 Å². The Labute approximate surface area is 140 Å². The fourth-order valence-electron chi connectivity index (χ4n) is 3.12. The molecule has 2 amide bonds. The first-order valence-electron chi connectivity index (χ1n) is 8.08. The summed E-state index contributed by atoms with van der Waals surface area (Å²) < 4.78 is 25.6. The average Bonchev–Trinajstić information content (AvgIpc) is 2.77. The lowest BCUT2D eigenvalue weighted by atomic mass is 10.1. The summed E-state index contributed by atoms with van der Waals surface area (Å²) in [4.78, 5) is 27.6. The molecule has 7 heteroatoms. The Morgan fingerprint density at radius 3 is 2.54 bits per heavy atom. The van der Waals surface area contributed by atoms with E-state index in [4.69, 9.17) is 9.47 Å². The molecule has 2 aliphatic heterocycles. The maximum absolute atomic E-state index is 13.9. The highest BCUT2D eigenvalue weighted by molar-refractivity contribution is 5.94. The van der Waals surface area contributed by atoms with Crippen LogP contribution in [-0.4, -0.2) is 66.8 Å². The van der Waals surface area contributed by atoms with Crippen molar-refractivity contribution in [1.82, 2.24) is 9.80 Å². The summed E-state index contributed by atoms with van der Waals surface area (Å²) in [6, 6.07) is 5.91. The van der Waals surface area contributed by atoms with E-state index in [1.807, 2.05) is 0 Å². The summed E-state index contributed by atoms with van der Waals surface area (Å²) in [7, 11) is 0. The Balaban J connectivity index is 1.79. The molecule has 0 aliphatic carbocycles. The Morgan fingerprint density at radius 1 is 1.08 bits per heavy atom. The second-order valence-corrected chi connectivity index (χ2v) is 6.11. The van der Waals surface area contributed by atoms with E-state index in [-0.39, 0.29) is 31.2 Å². The van der Waals surface area contributed by atoms with Gasteiger partial charge in [-0.3, -0.25) is 9.59 Å². The van der Waals surface area contributed by atoms with Gasteiger partial charge in [0.2, 0.25) is 11.7 Å². The van der Waals surface area contributed by atoms with E-state index in [9.17, 15) is 14.0 Å². The van der Waals surface area contributed by atoms with E-state index in [1.165, 1.54) is 24.0 Å². The topological polar surface area (TPSA) is 59.1 Å². The van der Waals surface area contributed by atoms with Crippen LogP contribution in [0.25, 0.3) is 0 Å². The molecule has 6 nitrogen and oxygen atoms in total. The fourth-order valence-corrected chi connectivity index (χ4v) is 3.12. The molecule has 3 rings (SSSR count). The lowest BCUT2D eigenvalue weighted by Gasteiger charge is -2.43. The third-order valence-corrected chi connectivity index (χ3v) is 4.36. The van der Waals surface area contributed by atoms with Gasteiger partial charge in [0, 0.05) is 20.0 Å². The van der Waals surface area contributed by atoms with Crippen molar-refractivity contribution in [2.24, 2.45) is 0 Å². The van der Waals surface area contributed by atoms with Crippen molar-refractivity contribution < 1.29 is 23.5 Å². The SMILES string of the molecule is CC(=O)N1CCCOC2(C1)CN(C(=O)c1ccccc1F)CCO2. The van der Waals surface area contributed by atoms with E-state index >= 15 is 0 Å². The monoisotopic (exact) mass is 336 g/mol. The van der Waals surface area contributed by atoms with E-state index in [0.29, 0.717) is 26.1 Å². The van der Waals surface area contributed by atoms with Crippen LogP contribution >= 0.6 is 0 Å². The van der Waals surface area contributed by atoms with Gasteiger partial charge >= 0.3 is 0 Å². The minimum atomic E-state index is -1.04. The normalized spacial score (nSPS) is 24.8. The largest absolute Gasteiger partial charge is 0.347 e. The molecule has 1 unspecified atom stereocenters. The first-order chi connectivity index (χ1) is 11.5. The smallest absolute Gasteiger partial charge is 0.257 e. The zero-order valence-electron chi connectivity index (χ0n) is 13.7. The van der Waals surface area contributed by atoms with E-state index < -0.39 is 17.5 Å². The number of rotatable bonds is 1. The number of hydrogen-bond acceptors (Lipinski definition) is 4. The first kappa shape index (κ1) is 16.9. The van der Waals surface area contributed by atoms with Crippen LogP contribution in [-0.2, 0) is 14.3 Å². The van der Waals surface area contributed by atoms with Gasteiger partial charge in [0.25, 0.3) is 5.91 Å². The molecule has 1 atom stereocenters. The predicted octanol–water partition coefficient (Wildman–Crippen LogP) is 1.26. The van der Waals surface area contributed by atoms with Crippen LogP contribution in [0.2, 0.25) is 0 Å². The summed E-state index contributed by atoms with van der Waals surface area (Å²) >= 11 is 0. The lowest BCUT2D eigenvalue weighted by molar-refractivity contribution is -0.260. The minimum Gasteiger partial charge on any atom is -0.347 e. The Hall–Kier alpha value is -1.99. The molecule has 0 N–H and O–H groups in total.